The minimum atomic E-state index is -4.89. The van der Waals surface area contributed by atoms with E-state index >= 15 is 0 Å². The number of carbonyl (C=O) groups is 1. The van der Waals surface area contributed by atoms with Gasteiger partial charge in [-0.1, -0.05) is 0 Å². The first-order valence-electron chi connectivity index (χ1n) is 5.95. The number of nitrogens with zero attached hydrogens (tertiary/aromatic N) is 1. The predicted molar refractivity (Wildman–Crippen MR) is 60.0 cm³/mol. The molecule has 1 fully saturated rings. The lowest BCUT2D eigenvalue weighted by Crippen LogP contribution is -2.53. The maximum atomic E-state index is 12.0. The molecule has 0 unspecified atom stereocenters. The third kappa shape index (κ3) is 4.13. The number of rotatable bonds is 3. The van der Waals surface area contributed by atoms with Crippen LogP contribution in [0.15, 0.2) is 0 Å². The number of likely N-dealkylation sites (tertiary alicyclic amines) is 1. The lowest BCUT2D eigenvalue weighted by Gasteiger charge is -2.40. The van der Waals surface area contributed by atoms with Gasteiger partial charge in [-0.05, 0) is 26.7 Å². The van der Waals surface area contributed by atoms with E-state index in [4.69, 9.17) is 0 Å². The number of hydrogen-bond acceptors (Lipinski definition) is 3. The minimum Gasteiger partial charge on any atom is -0.388 e. The van der Waals surface area contributed by atoms with Gasteiger partial charge in [0.25, 0.3) is 0 Å². The summed E-state index contributed by atoms with van der Waals surface area (Å²) in [6, 6.07) is 0.347. The molecular weight excluding hydrogens is 249 g/mol. The highest BCUT2D eigenvalue weighted by molar-refractivity contribution is 5.81. The largest absolute Gasteiger partial charge is 0.471 e. The fourth-order valence-electron chi connectivity index (χ4n) is 1.98. The molecule has 18 heavy (non-hydrogen) atoms. The molecule has 106 valence electrons. The number of alkyl halides is 3. The van der Waals surface area contributed by atoms with Gasteiger partial charge >= 0.3 is 12.1 Å². The first-order chi connectivity index (χ1) is 8.14. The van der Waals surface area contributed by atoms with Gasteiger partial charge in [-0.3, -0.25) is 4.79 Å². The number of piperidine rings is 1. The van der Waals surface area contributed by atoms with E-state index in [1.165, 1.54) is 0 Å². The second kappa shape index (κ2) is 5.44. The SMILES string of the molecule is CC(C)N1CCC(O)(CNC(=O)C(F)(F)F)CC1. The molecule has 7 heteroatoms. The Kier molecular flexibility index (Phi) is 4.61. The maximum absolute atomic E-state index is 12.0. The number of amides is 1. The first kappa shape index (κ1) is 15.2. The Bertz CT molecular complexity index is 297. The molecule has 0 aliphatic carbocycles. The van der Waals surface area contributed by atoms with Crippen LogP contribution in [0.3, 0.4) is 0 Å². The van der Waals surface area contributed by atoms with Crippen molar-refractivity contribution in [1.29, 1.82) is 0 Å². The van der Waals surface area contributed by atoms with Gasteiger partial charge in [0.2, 0.25) is 0 Å². The number of nitrogens with one attached hydrogen (secondary N) is 1. The maximum Gasteiger partial charge on any atom is 0.471 e. The zero-order valence-corrected chi connectivity index (χ0v) is 10.5. The highest BCUT2D eigenvalue weighted by atomic mass is 19.4. The Balaban J connectivity index is 2.42. The van der Waals surface area contributed by atoms with Crippen molar-refractivity contribution in [2.75, 3.05) is 19.6 Å². The predicted octanol–water partition coefficient (Wildman–Crippen LogP) is 0.900. The summed E-state index contributed by atoms with van der Waals surface area (Å²) in [6.45, 7) is 4.94. The lowest BCUT2D eigenvalue weighted by atomic mass is 9.90. The normalized spacial score (nSPS) is 21.1. The molecule has 4 nitrogen and oxygen atoms in total. The molecule has 1 heterocycles. The number of hydrogen-bond donors (Lipinski definition) is 2. The van der Waals surface area contributed by atoms with Crippen molar-refractivity contribution >= 4 is 5.91 Å². The van der Waals surface area contributed by atoms with Crippen LogP contribution in [0.4, 0.5) is 13.2 Å². The van der Waals surface area contributed by atoms with Crippen molar-refractivity contribution in [3.63, 3.8) is 0 Å². The second-order valence-electron chi connectivity index (χ2n) is 5.03. The molecule has 0 aromatic carbocycles. The molecule has 0 bridgehead atoms. The van der Waals surface area contributed by atoms with Gasteiger partial charge in [-0.2, -0.15) is 13.2 Å². The molecule has 0 saturated carbocycles. The summed E-state index contributed by atoms with van der Waals surface area (Å²) in [5, 5.41) is 11.8. The molecule has 0 aromatic heterocycles. The molecule has 2 N–H and O–H groups in total. The van der Waals surface area contributed by atoms with E-state index in [9.17, 15) is 23.1 Å². The smallest absolute Gasteiger partial charge is 0.388 e. The molecule has 1 rings (SSSR count). The average molecular weight is 268 g/mol. The zero-order valence-electron chi connectivity index (χ0n) is 10.5. The van der Waals surface area contributed by atoms with Crippen molar-refractivity contribution < 1.29 is 23.1 Å². The summed E-state index contributed by atoms with van der Waals surface area (Å²) in [5.74, 6) is -2.00. The summed E-state index contributed by atoms with van der Waals surface area (Å²) in [6.07, 6.45) is -4.17. The van der Waals surface area contributed by atoms with Crippen LogP contribution in [0.5, 0.6) is 0 Å². The average Bonchev–Trinajstić information content (AvgIpc) is 2.25. The van der Waals surface area contributed by atoms with Crippen LogP contribution < -0.4 is 5.32 Å². The standard InChI is InChI=1S/C11H19F3N2O2/c1-8(2)16-5-3-10(18,4-6-16)7-15-9(17)11(12,13)14/h8,18H,3-7H2,1-2H3,(H,15,17). The molecule has 0 atom stereocenters. The van der Waals surface area contributed by atoms with Gasteiger partial charge < -0.3 is 15.3 Å². The van der Waals surface area contributed by atoms with Crippen molar-refractivity contribution in [2.45, 2.75) is 44.5 Å². The van der Waals surface area contributed by atoms with Gasteiger partial charge in [0, 0.05) is 25.7 Å². The molecule has 1 aliphatic heterocycles. The quantitative estimate of drug-likeness (QED) is 0.799. The Morgan fingerprint density at radius 1 is 1.39 bits per heavy atom. The van der Waals surface area contributed by atoms with E-state index in [0.717, 1.165) is 0 Å². The molecule has 0 radical (unpaired) electrons. The van der Waals surface area contributed by atoms with Crippen LogP contribution >= 0.6 is 0 Å². The van der Waals surface area contributed by atoms with Crippen LogP contribution in [0.2, 0.25) is 0 Å². The second-order valence-corrected chi connectivity index (χ2v) is 5.03. The van der Waals surface area contributed by atoms with Crippen LogP contribution in [0.25, 0.3) is 0 Å². The van der Waals surface area contributed by atoms with E-state index in [-0.39, 0.29) is 6.54 Å². The summed E-state index contributed by atoms with van der Waals surface area (Å²) in [4.78, 5) is 12.8. The van der Waals surface area contributed by atoms with E-state index in [1.807, 2.05) is 13.8 Å². The lowest BCUT2D eigenvalue weighted by molar-refractivity contribution is -0.175. The van der Waals surface area contributed by atoms with Gasteiger partial charge in [-0.15, -0.1) is 0 Å². The van der Waals surface area contributed by atoms with Gasteiger partial charge in [0.05, 0.1) is 5.60 Å². The first-order valence-corrected chi connectivity index (χ1v) is 5.95. The Labute approximate surface area is 104 Å². The monoisotopic (exact) mass is 268 g/mol. The number of halogens is 3. The molecule has 0 aromatic rings. The molecule has 0 spiro atoms. The fourth-order valence-corrected chi connectivity index (χ4v) is 1.98. The van der Waals surface area contributed by atoms with Crippen molar-refractivity contribution in [3.8, 4) is 0 Å². The molecule has 1 aliphatic rings. The van der Waals surface area contributed by atoms with Crippen LogP contribution in [-0.2, 0) is 4.79 Å². The summed E-state index contributed by atoms with van der Waals surface area (Å²) in [5.41, 5.74) is -1.23. The van der Waals surface area contributed by atoms with Crippen LogP contribution in [0, 0.1) is 0 Å². The van der Waals surface area contributed by atoms with Gasteiger partial charge in [0.1, 0.15) is 0 Å². The van der Waals surface area contributed by atoms with E-state index < -0.39 is 17.7 Å². The van der Waals surface area contributed by atoms with Crippen LogP contribution in [0.1, 0.15) is 26.7 Å². The Morgan fingerprint density at radius 3 is 2.28 bits per heavy atom. The highest BCUT2D eigenvalue weighted by Crippen LogP contribution is 2.23. The number of carbonyl (C=O) groups excluding carboxylic acids is 1. The minimum absolute atomic E-state index is 0.347. The number of aliphatic hydroxyl groups is 1. The highest BCUT2D eigenvalue weighted by Gasteiger charge is 2.41. The summed E-state index contributed by atoms with van der Waals surface area (Å²) >= 11 is 0. The third-order valence-corrected chi connectivity index (χ3v) is 3.29. The topological polar surface area (TPSA) is 52.6 Å². The van der Waals surface area contributed by atoms with E-state index in [2.05, 4.69) is 4.90 Å². The Hall–Kier alpha value is -0.820. The molecule has 1 saturated heterocycles. The molecular formula is C11H19F3N2O2. The summed E-state index contributed by atoms with van der Waals surface area (Å²) < 4.78 is 36.0. The van der Waals surface area contributed by atoms with Gasteiger partial charge in [0.15, 0.2) is 0 Å². The Morgan fingerprint density at radius 2 is 1.89 bits per heavy atom. The van der Waals surface area contributed by atoms with Crippen molar-refractivity contribution in [2.24, 2.45) is 0 Å². The van der Waals surface area contributed by atoms with Crippen LogP contribution in [-0.4, -0.2) is 53.4 Å². The van der Waals surface area contributed by atoms with Crippen molar-refractivity contribution in [1.82, 2.24) is 10.2 Å². The van der Waals surface area contributed by atoms with E-state index in [0.29, 0.717) is 32.0 Å². The van der Waals surface area contributed by atoms with E-state index in [1.54, 1.807) is 5.32 Å². The fraction of sp³-hybridized carbons (Fsp3) is 0.909. The summed E-state index contributed by atoms with van der Waals surface area (Å²) in [7, 11) is 0. The third-order valence-electron chi connectivity index (χ3n) is 3.29. The molecule has 1 amide bonds. The zero-order chi connectivity index (χ0) is 14.0. The van der Waals surface area contributed by atoms with Gasteiger partial charge in [-0.25, -0.2) is 0 Å². The van der Waals surface area contributed by atoms with Crippen molar-refractivity contribution in [3.05, 3.63) is 0 Å².